The van der Waals surface area contributed by atoms with E-state index in [4.69, 9.17) is 0 Å². The van der Waals surface area contributed by atoms with Gasteiger partial charge in [-0.3, -0.25) is 20.2 Å². The summed E-state index contributed by atoms with van der Waals surface area (Å²) < 4.78 is 0. The summed E-state index contributed by atoms with van der Waals surface area (Å²) in [5.74, 6) is 0. The number of carbonyl (C=O) groups is 1. The van der Waals surface area contributed by atoms with E-state index in [1.807, 2.05) is 6.08 Å². The molecule has 0 aliphatic rings. The van der Waals surface area contributed by atoms with E-state index in [0.29, 0.717) is 19.3 Å². The highest BCUT2D eigenvalue weighted by atomic mass is 16.6. The van der Waals surface area contributed by atoms with Crippen LogP contribution in [0, 0.1) is 20.2 Å². The van der Waals surface area contributed by atoms with Gasteiger partial charge in [0, 0.05) is 35.5 Å². The molecule has 9 nitrogen and oxygen atoms in total. The number of hydrogen-bond donors (Lipinski definition) is 2. The quantitative estimate of drug-likeness (QED) is 0.115. The van der Waals surface area contributed by atoms with Gasteiger partial charge in [0.25, 0.3) is 0 Å². The van der Waals surface area contributed by atoms with E-state index >= 15 is 0 Å². The molecule has 0 saturated carbocycles. The van der Waals surface area contributed by atoms with Gasteiger partial charge in [-0.1, -0.05) is 44.1 Å². The number of aliphatic hydroxyl groups is 2. The molecule has 166 valence electrons. The van der Waals surface area contributed by atoms with Gasteiger partial charge in [-0.25, -0.2) is 0 Å². The minimum absolute atomic E-state index is 0.00672. The SMILES string of the molecule is CCCCC/C=C\CC(C(O)CC(O)C(C/C=C\CCCC=O)[N+](=O)[O-])[N+](=O)[O-]. The lowest BCUT2D eigenvalue weighted by atomic mass is 9.96. The lowest BCUT2D eigenvalue weighted by molar-refractivity contribution is -0.542. The highest BCUT2D eigenvalue weighted by molar-refractivity contribution is 5.49. The van der Waals surface area contributed by atoms with Crippen molar-refractivity contribution in [2.24, 2.45) is 0 Å². The predicted octanol–water partition coefficient (Wildman–Crippen LogP) is 3.23. The van der Waals surface area contributed by atoms with Gasteiger partial charge in [0.15, 0.2) is 0 Å². The van der Waals surface area contributed by atoms with E-state index < -0.39 is 40.6 Å². The van der Waals surface area contributed by atoms with Crippen LogP contribution in [0.1, 0.15) is 71.1 Å². The number of hydrogen-bond acceptors (Lipinski definition) is 7. The Bertz CT molecular complexity index is 537. The van der Waals surface area contributed by atoms with E-state index in [9.17, 15) is 35.2 Å². The number of nitro groups is 2. The van der Waals surface area contributed by atoms with Crippen molar-refractivity contribution in [1.82, 2.24) is 0 Å². The predicted molar refractivity (Wildman–Crippen MR) is 110 cm³/mol. The molecule has 29 heavy (non-hydrogen) atoms. The molecule has 0 aliphatic heterocycles. The molecule has 0 fully saturated rings. The number of allylic oxidation sites excluding steroid dienone is 2. The Hall–Kier alpha value is -2.13. The molecule has 0 aromatic carbocycles. The molecule has 0 rings (SSSR count). The number of aliphatic hydroxyl groups excluding tert-OH is 2. The molecule has 0 amide bonds. The van der Waals surface area contributed by atoms with E-state index in [1.54, 1.807) is 18.2 Å². The van der Waals surface area contributed by atoms with Crippen molar-refractivity contribution in [3.63, 3.8) is 0 Å². The zero-order valence-electron chi connectivity index (χ0n) is 17.1. The summed E-state index contributed by atoms with van der Waals surface area (Å²) in [6, 6.07) is -2.68. The molecular formula is C20H34N2O7. The monoisotopic (exact) mass is 414 g/mol. The van der Waals surface area contributed by atoms with Crippen LogP contribution >= 0.6 is 0 Å². The zero-order chi connectivity index (χ0) is 22.1. The van der Waals surface area contributed by atoms with Crippen LogP contribution in [0.5, 0.6) is 0 Å². The number of carbonyl (C=O) groups excluding carboxylic acids is 1. The van der Waals surface area contributed by atoms with Crippen molar-refractivity contribution in [3.8, 4) is 0 Å². The fourth-order valence-corrected chi connectivity index (χ4v) is 2.87. The van der Waals surface area contributed by atoms with Crippen LogP contribution in [-0.4, -0.2) is 50.6 Å². The largest absolute Gasteiger partial charge is 0.386 e. The molecule has 0 radical (unpaired) electrons. The molecule has 0 aromatic heterocycles. The fraction of sp³-hybridized carbons (Fsp3) is 0.750. The van der Waals surface area contributed by atoms with Crippen molar-refractivity contribution in [3.05, 3.63) is 44.5 Å². The maximum absolute atomic E-state index is 11.2. The van der Waals surface area contributed by atoms with Gasteiger partial charge in [0.1, 0.15) is 18.5 Å². The first-order chi connectivity index (χ1) is 13.8. The Labute approximate surface area is 171 Å². The molecular weight excluding hydrogens is 380 g/mol. The molecule has 0 aromatic rings. The lowest BCUT2D eigenvalue weighted by Gasteiger charge is -2.20. The molecule has 2 N–H and O–H groups in total. The first-order valence-corrected chi connectivity index (χ1v) is 10.2. The van der Waals surface area contributed by atoms with Crippen LogP contribution in [0.4, 0.5) is 0 Å². The van der Waals surface area contributed by atoms with Gasteiger partial charge >= 0.3 is 0 Å². The smallest absolute Gasteiger partial charge is 0.242 e. The van der Waals surface area contributed by atoms with Crippen LogP contribution in [-0.2, 0) is 4.79 Å². The fourth-order valence-electron chi connectivity index (χ4n) is 2.87. The van der Waals surface area contributed by atoms with Gasteiger partial charge in [-0.2, -0.15) is 0 Å². The third kappa shape index (κ3) is 12.8. The Morgan fingerprint density at radius 1 is 0.793 bits per heavy atom. The van der Waals surface area contributed by atoms with Crippen LogP contribution in [0.15, 0.2) is 24.3 Å². The van der Waals surface area contributed by atoms with Crippen molar-refractivity contribution in [2.45, 2.75) is 95.4 Å². The normalized spacial score (nSPS) is 16.0. The van der Waals surface area contributed by atoms with Gasteiger partial charge in [-0.15, -0.1) is 0 Å². The van der Waals surface area contributed by atoms with E-state index in [0.717, 1.165) is 32.0 Å². The van der Waals surface area contributed by atoms with E-state index in [2.05, 4.69) is 6.92 Å². The average molecular weight is 414 g/mol. The number of unbranched alkanes of at least 4 members (excludes halogenated alkanes) is 5. The Balaban J connectivity index is 4.68. The molecule has 4 atom stereocenters. The van der Waals surface area contributed by atoms with Crippen molar-refractivity contribution in [2.75, 3.05) is 0 Å². The Morgan fingerprint density at radius 3 is 1.69 bits per heavy atom. The van der Waals surface area contributed by atoms with Crippen LogP contribution in [0.25, 0.3) is 0 Å². The van der Waals surface area contributed by atoms with Gasteiger partial charge in [-0.05, 0) is 25.7 Å². The Kier molecular flexibility index (Phi) is 15.6. The summed E-state index contributed by atoms with van der Waals surface area (Å²) in [7, 11) is 0. The summed E-state index contributed by atoms with van der Waals surface area (Å²) in [5, 5.41) is 42.8. The van der Waals surface area contributed by atoms with Crippen LogP contribution in [0.3, 0.4) is 0 Å². The van der Waals surface area contributed by atoms with E-state index in [-0.39, 0.29) is 12.8 Å². The molecule has 0 aliphatic carbocycles. The lowest BCUT2D eigenvalue weighted by Crippen LogP contribution is -2.41. The zero-order valence-corrected chi connectivity index (χ0v) is 17.1. The average Bonchev–Trinajstić information content (AvgIpc) is 2.65. The summed E-state index contributed by atoms with van der Waals surface area (Å²) in [4.78, 5) is 31.5. The van der Waals surface area contributed by atoms with Crippen molar-refractivity contribution >= 4 is 6.29 Å². The molecule has 0 spiro atoms. The molecule has 0 bridgehead atoms. The highest BCUT2D eigenvalue weighted by Gasteiger charge is 2.36. The second-order valence-electron chi connectivity index (χ2n) is 7.08. The first kappa shape index (κ1) is 26.9. The summed E-state index contributed by atoms with van der Waals surface area (Å²) in [6.45, 7) is 2.08. The summed E-state index contributed by atoms with van der Waals surface area (Å²) in [6.07, 6.45) is 9.64. The van der Waals surface area contributed by atoms with Crippen LogP contribution < -0.4 is 0 Å². The molecule has 0 heterocycles. The summed E-state index contributed by atoms with van der Waals surface area (Å²) in [5.41, 5.74) is 0. The van der Waals surface area contributed by atoms with Crippen molar-refractivity contribution < 1.29 is 24.9 Å². The second kappa shape index (κ2) is 16.8. The number of rotatable bonds is 18. The van der Waals surface area contributed by atoms with Crippen molar-refractivity contribution in [1.29, 1.82) is 0 Å². The topological polar surface area (TPSA) is 144 Å². The van der Waals surface area contributed by atoms with E-state index in [1.165, 1.54) is 0 Å². The van der Waals surface area contributed by atoms with Gasteiger partial charge in [0.05, 0.1) is 0 Å². The summed E-state index contributed by atoms with van der Waals surface area (Å²) >= 11 is 0. The number of aldehydes is 1. The maximum Gasteiger partial charge on any atom is 0.242 e. The van der Waals surface area contributed by atoms with Gasteiger partial charge in [0.2, 0.25) is 12.1 Å². The molecule has 0 saturated heterocycles. The Morgan fingerprint density at radius 2 is 1.28 bits per heavy atom. The molecule has 4 unspecified atom stereocenters. The van der Waals surface area contributed by atoms with Gasteiger partial charge < -0.3 is 15.0 Å². The maximum atomic E-state index is 11.2. The standard InChI is InChI=1S/C20H34N2O7/c1-2-3-4-5-7-10-13-17(21(26)27)19(24)16-20(25)18(22(28)29)14-11-8-6-9-12-15-23/h7-8,10-11,15,17-20,24-25H,2-6,9,12-14,16H2,1H3/b10-7-,11-8-. The number of nitrogens with zero attached hydrogens (tertiary/aromatic N) is 2. The van der Waals surface area contributed by atoms with Crippen LogP contribution in [0.2, 0.25) is 0 Å². The third-order valence-corrected chi connectivity index (χ3v) is 4.67. The first-order valence-electron chi connectivity index (χ1n) is 10.2. The second-order valence-corrected chi connectivity index (χ2v) is 7.08. The minimum atomic E-state index is -1.50. The minimum Gasteiger partial charge on any atom is -0.386 e. The molecule has 9 heteroatoms. The third-order valence-electron chi connectivity index (χ3n) is 4.67. The highest BCUT2D eigenvalue weighted by Crippen LogP contribution is 2.16.